The molecule has 0 saturated heterocycles. The molecule has 7 heteroatoms. The average Bonchev–Trinajstić information content (AvgIpc) is 2.82. The van der Waals surface area contributed by atoms with E-state index in [2.05, 4.69) is 15.0 Å². The third-order valence-corrected chi connectivity index (χ3v) is 3.59. The second-order valence-corrected chi connectivity index (χ2v) is 5.37. The van der Waals surface area contributed by atoms with Gasteiger partial charge in [0.15, 0.2) is 11.3 Å². The number of carbonyl (C=O) groups is 1. The molecular weight excluding hydrogens is 311 g/mol. The van der Waals surface area contributed by atoms with Gasteiger partial charge in [-0.2, -0.15) is 0 Å². The zero-order valence-electron chi connectivity index (χ0n) is 11.3. The number of nitrogens with zero attached hydrogens (tertiary/aromatic N) is 4. The Morgan fingerprint density at radius 1 is 1.24 bits per heavy atom. The van der Waals surface area contributed by atoms with E-state index in [4.69, 9.17) is 23.2 Å². The highest BCUT2D eigenvalue weighted by molar-refractivity contribution is 6.31. The van der Waals surface area contributed by atoms with Crippen molar-refractivity contribution in [1.29, 1.82) is 0 Å². The van der Waals surface area contributed by atoms with Gasteiger partial charge in [-0.15, -0.1) is 11.6 Å². The number of alkyl halides is 1. The van der Waals surface area contributed by atoms with Gasteiger partial charge in [-0.25, -0.2) is 19.5 Å². The van der Waals surface area contributed by atoms with Crippen LogP contribution >= 0.6 is 23.2 Å². The first-order valence-electron chi connectivity index (χ1n) is 6.58. The number of carbonyl (C=O) groups excluding carboxylic acids is 1. The zero-order valence-corrected chi connectivity index (χ0v) is 12.8. The Morgan fingerprint density at radius 3 is 2.76 bits per heavy atom. The predicted octanol–water partition coefficient (Wildman–Crippen LogP) is 3.46. The molecule has 108 valence electrons. The number of fused-ring (bicyclic) bond motifs is 2. The van der Waals surface area contributed by atoms with Crippen molar-refractivity contribution in [3.8, 4) is 0 Å². The minimum atomic E-state index is -0.119. The van der Waals surface area contributed by atoms with Crippen molar-refractivity contribution in [1.82, 2.24) is 19.5 Å². The standard InChI is InChI=1S/C14H12Cl2N4O/c1-2-11-19-13-14(20(11)12(21)5-6-15)18-9-4-3-8(16)7-10(9)17-13/h3-4,7H,2,5-6H2,1H3. The molecule has 0 unspecified atom stereocenters. The Balaban J connectivity index is 2.30. The fraction of sp³-hybridized carbons (Fsp3) is 0.286. The molecule has 0 bridgehead atoms. The summed E-state index contributed by atoms with van der Waals surface area (Å²) in [6.45, 7) is 1.93. The smallest absolute Gasteiger partial charge is 0.234 e. The predicted molar refractivity (Wildman–Crippen MR) is 83.2 cm³/mol. The molecule has 1 aromatic carbocycles. The minimum absolute atomic E-state index is 0.119. The Kier molecular flexibility index (Phi) is 3.78. The number of imidazole rings is 1. The van der Waals surface area contributed by atoms with E-state index in [9.17, 15) is 4.79 Å². The summed E-state index contributed by atoms with van der Waals surface area (Å²) in [6, 6.07) is 5.25. The molecule has 0 aliphatic carbocycles. The van der Waals surface area contributed by atoms with Crippen LogP contribution in [0, 0.1) is 0 Å². The second kappa shape index (κ2) is 5.58. The molecule has 3 aromatic rings. The van der Waals surface area contributed by atoms with Gasteiger partial charge in [-0.3, -0.25) is 4.79 Å². The maximum Gasteiger partial charge on any atom is 0.234 e. The molecule has 3 rings (SSSR count). The normalized spacial score (nSPS) is 11.4. The van der Waals surface area contributed by atoms with Crippen molar-refractivity contribution in [2.24, 2.45) is 0 Å². The maximum absolute atomic E-state index is 12.2. The average molecular weight is 323 g/mol. The van der Waals surface area contributed by atoms with Crippen LogP contribution in [0.25, 0.3) is 22.3 Å². The molecule has 2 heterocycles. The quantitative estimate of drug-likeness (QED) is 0.693. The summed E-state index contributed by atoms with van der Waals surface area (Å²) in [4.78, 5) is 25.6. The molecule has 0 fully saturated rings. The van der Waals surface area contributed by atoms with E-state index in [0.717, 1.165) is 0 Å². The lowest BCUT2D eigenvalue weighted by molar-refractivity contribution is 0.0911. The van der Waals surface area contributed by atoms with Gasteiger partial charge in [0.2, 0.25) is 5.91 Å². The van der Waals surface area contributed by atoms with Gasteiger partial charge < -0.3 is 0 Å². The molecule has 2 aromatic heterocycles. The largest absolute Gasteiger partial charge is 0.274 e. The van der Waals surface area contributed by atoms with E-state index < -0.39 is 0 Å². The van der Waals surface area contributed by atoms with Crippen LogP contribution < -0.4 is 0 Å². The molecule has 0 radical (unpaired) electrons. The highest BCUT2D eigenvalue weighted by Gasteiger charge is 2.18. The van der Waals surface area contributed by atoms with Crippen molar-refractivity contribution >= 4 is 51.4 Å². The topological polar surface area (TPSA) is 60.7 Å². The molecule has 0 aliphatic rings. The van der Waals surface area contributed by atoms with Crippen LogP contribution in [0.4, 0.5) is 0 Å². The second-order valence-electron chi connectivity index (χ2n) is 4.55. The SMILES string of the molecule is CCc1nc2nc3cc(Cl)ccc3nc2n1C(=O)CCCl. The summed E-state index contributed by atoms with van der Waals surface area (Å²) in [7, 11) is 0. The number of hydrogen-bond donors (Lipinski definition) is 0. The van der Waals surface area contributed by atoms with Crippen molar-refractivity contribution in [2.75, 3.05) is 5.88 Å². The molecule has 0 atom stereocenters. The summed E-state index contributed by atoms with van der Waals surface area (Å²) >= 11 is 11.6. The molecule has 0 spiro atoms. The van der Waals surface area contributed by atoms with Crippen LogP contribution in [0.3, 0.4) is 0 Å². The summed E-state index contributed by atoms with van der Waals surface area (Å²) in [5.41, 5.74) is 2.25. The zero-order chi connectivity index (χ0) is 15.0. The number of aromatic nitrogens is 4. The van der Waals surface area contributed by atoms with Gasteiger partial charge >= 0.3 is 0 Å². The molecule has 5 nitrogen and oxygen atoms in total. The van der Waals surface area contributed by atoms with Crippen LogP contribution in [0.15, 0.2) is 18.2 Å². The van der Waals surface area contributed by atoms with Crippen molar-refractivity contribution in [3.05, 3.63) is 29.0 Å². The number of hydrogen-bond acceptors (Lipinski definition) is 4. The lowest BCUT2D eigenvalue weighted by Gasteiger charge is -2.04. The van der Waals surface area contributed by atoms with Crippen LogP contribution in [0.5, 0.6) is 0 Å². The van der Waals surface area contributed by atoms with Gasteiger partial charge in [-0.05, 0) is 18.2 Å². The van der Waals surface area contributed by atoms with Gasteiger partial charge in [0.25, 0.3) is 0 Å². The van der Waals surface area contributed by atoms with Crippen LogP contribution in [-0.4, -0.2) is 31.3 Å². The summed E-state index contributed by atoms with van der Waals surface area (Å²) in [6.07, 6.45) is 0.851. The number of rotatable bonds is 3. The Morgan fingerprint density at radius 2 is 2.05 bits per heavy atom. The summed E-state index contributed by atoms with van der Waals surface area (Å²) < 4.78 is 1.51. The first-order valence-corrected chi connectivity index (χ1v) is 7.49. The van der Waals surface area contributed by atoms with E-state index in [1.54, 1.807) is 18.2 Å². The molecule has 0 N–H and O–H groups in total. The third-order valence-electron chi connectivity index (χ3n) is 3.17. The van der Waals surface area contributed by atoms with Crippen molar-refractivity contribution in [2.45, 2.75) is 19.8 Å². The molecule has 0 aliphatic heterocycles. The minimum Gasteiger partial charge on any atom is -0.274 e. The van der Waals surface area contributed by atoms with Gasteiger partial charge in [0.1, 0.15) is 5.82 Å². The fourth-order valence-electron chi connectivity index (χ4n) is 2.22. The van der Waals surface area contributed by atoms with E-state index in [1.165, 1.54) is 4.57 Å². The van der Waals surface area contributed by atoms with Crippen LogP contribution in [-0.2, 0) is 6.42 Å². The Labute approximate surface area is 130 Å². The summed E-state index contributed by atoms with van der Waals surface area (Å²) in [5.74, 6) is 0.784. The van der Waals surface area contributed by atoms with Gasteiger partial charge in [-0.1, -0.05) is 18.5 Å². The molecule has 21 heavy (non-hydrogen) atoms. The summed E-state index contributed by atoms with van der Waals surface area (Å²) in [5, 5.41) is 0.588. The van der Waals surface area contributed by atoms with E-state index in [-0.39, 0.29) is 18.2 Å². The first-order chi connectivity index (χ1) is 10.1. The maximum atomic E-state index is 12.2. The fourth-order valence-corrected chi connectivity index (χ4v) is 2.55. The number of aryl methyl sites for hydroxylation is 1. The number of benzene rings is 1. The van der Waals surface area contributed by atoms with Gasteiger partial charge in [0.05, 0.1) is 11.0 Å². The monoisotopic (exact) mass is 322 g/mol. The number of halogens is 2. The first kappa shape index (κ1) is 14.2. The lowest BCUT2D eigenvalue weighted by Crippen LogP contribution is -2.14. The Hall–Kier alpha value is -1.72. The van der Waals surface area contributed by atoms with Crippen molar-refractivity contribution in [3.63, 3.8) is 0 Å². The lowest BCUT2D eigenvalue weighted by atomic mass is 10.3. The molecule has 0 saturated carbocycles. The van der Waals surface area contributed by atoms with E-state index in [1.807, 2.05) is 6.92 Å². The Bertz CT molecular complexity index is 844. The molecular formula is C14H12Cl2N4O. The molecule has 0 amide bonds. The highest BCUT2D eigenvalue weighted by Crippen LogP contribution is 2.21. The van der Waals surface area contributed by atoms with E-state index >= 15 is 0 Å². The van der Waals surface area contributed by atoms with Crippen LogP contribution in [0.2, 0.25) is 5.02 Å². The highest BCUT2D eigenvalue weighted by atomic mass is 35.5. The third kappa shape index (κ3) is 2.47. The van der Waals surface area contributed by atoms with Crippen LogP contribution in [0.1, 0.15) is 24.0 Å². The van der Waals surface area contributed by atoms with E-state index in [0.29, 0.717) is 39.6 Å². The van der Waals surface area contributed by atoms with Gasteiger partial charge in [0, 0.05) is 23.7 Å². The van der Waals surface area contributed by atoms with Crippen molar-refractivity contribution < 1.29 is 4.79 Å².